The average molecular weight is 398 g/mol. The summed E-state index contributed by atoms with van der Waals surface area (Å²) in [6.45, 7) is 3.23. The number of nitrogens with zero attached hydrogens (tertiary/aromatic N) is 3. The molecule has 0 unspecified atom stereocenters. The van der Waals surface area contributed by atoms with Crippen LogP contribution in [0.2, 0.25) is 0 Å². The van der Waals surface area contributed by atoms with Gasteiger partial charge in [0.15, 0.2) is 0 Å². The molecule has 0 saturated carbocycles. The van der Waals surface area contributed by atoms with Gasteiger partial charge < -0.3 is 5.32 Å². The molecular weight excluding hydrogens is 376 g/mol. The van der Waals surface area contributed by atoms with Crippen molar-refractivity contribution in [2.45, 2.75) is 17.9 Å². The third-order valence-corrected chi connectivity index (χ3v) is 6.82. The van der Waals surface area contributed by atoms with Gasteiger partial charge in [-0.25, -0.2) is 8.42 Å². The molecule has 2 aromatic carbocycles. The first-order valence-corrected chi connectivity index (χ1v) is 10.5. The van der Waals surface area contributed by atoms with Crippen molar-refractivity contribution in [3.63, 3.8) is 0 Å². The van der Waals surface area contributed by atoms with Crippen LogP contribution >= 0.6 is 0 Å². The van der Waals surface area contributed by atoms with Gasteiger partial charge in [-0.1, -0.05) is 30.3 Å². The third-order valence-electron chi connectivity index (χ3n) is 4.87. The SMILES string of the molecule is C[C@H](C(=O)Nc1ccccc1)N1CCN(S(=O)(=O)c2ccccc2C#N)CC1. The number of anilines is 1. The number of nitrogens with one attached hydrogen (secondary N) is 1. The van der Waals surface area contributed by atoms with Gasteiger partial charge in [-0.15, -0.1) is 0 Å². The Morgan fingerprint density at radius 1 is 1.04 bits per heavy atom. The van der Waals surface area contributed by atoms with Gasteiger partial charge in [0, 0.05) is 31.9 Å². The van der Waals surface area contributed by atoms with Gasteiger partial charge in [-0.3, -0.25) is 9.69 Å². The molecule has 28 heavy (non-hydrogen) atoms. The van der Waals surface area contributed by atoms with Crippen LogP contribution in [0, 0.1) is 11.3 Å². The molecule has 0 spiro atoms. The van der Waals surface area contributed by atoms with E-state index in [9.17, 15) is 18.5 Å². The predicted octanol–water partition coefficient (Wildman–Crippen LogP) is 1.89. The van der Waals surface area contributed by atoms with E-state index in [1.54, 1.807) is 12.1 Å². The molecule has 1 atom stereocenters. The molecular formula is C20H22N4O3S. The lowest BCUT2D eigenvalue weighted by molar-refractivity contribution is -0.121. The van der Waals surface area contributed by atoms with Crippen molar-refractivity contribution in [3.8, 4) is 6.07 Å². The van der Waals surface area contributed by atoms with Gasteiger partial charge in [0.25, 0.3) is 0 Å². The molecule has 0 aromatic heterocycles. The van der Waals surface area contributed by atoms with Crippen molar-refractivity contribution in [1.29, 1.82) is 5.26 Å². The second-order valence-corrected chi connectivity index (χ2v) is 8.49. The van der Waals surface area contributed by atoms with E-state index in [0.29, 0.717) is 13.1 Å². The highest BCUT2D eigenvalue weighted by atomic mass is 32.2. The summed E-state index contributed by atoms with van der Waals surface area (Å²) in [5, 5.41) is 12.1. The number of hydrogen-bond acceptors (Lipinski definition) is 5. The van der Waals surface area contributed by atoms with Crippen LogP contribution in [0.25, 0.3) is 0 Å². The molecule has 1 amide bonds. The Kier molecular flexibility index (Phi) is 6.09. The normalized spacial score (nSPS) is 16.9. The van der Waals surface area contributed by atoms with Crippen LogP contribution in [0.3, 0.4) is 0 Å². The van der Waals surface area contributed by atoms with Crippen LogP contribution in [0.15, 0.2) is 59.5 Å². The number of amides is 1. The summed E-state index contributed by atoms with van der Waals surface area (Å²) in [7, 11) is -3.74. The molecule has 1 aliphatic heterocycles. The summed E-state index contributed by atoms with van der Waals surface area (Å²) >= 11 is 0. The first-order chi connectivity index (χ1) is 13.4. The standard InChI is InChI=1S/C20H22N4O3S/c1-16(20(25)22-18-8-3-2-4-9-18)23-11-13-24(14-12-23)28(26,27)19-10-6-5-7-17(19)15-21/h2-10,16H,11-14H2,1H3,(H,22,25)/t16-/m1/s1. The zero-order valence-corrected chi connectivity index (χ0v) is 16.4. The molecule has 1 fully saturated rings. The van der Waals surface area contributed by atoms with Gasteiger partial charge >= 0.3 is 0 Å². The van der Waals surface area contributed by atoms with Gasteiger partial charge in [0.1, 0.15) is 6.07 Å². The number of para-hydroxylation sites is 1. The maximum absolute atomic E-state index is 12.9. The molecule has 7 nitrogen and oxygen atoms in total. The van der Waals surface area contributed by atoms with Crippen molar-refractivity contribution in [3.05, 3.63) is 60.2 Å². The van der Waals surface area contributed by atoms with Crippen LogP contribution in [-0.4, -0.2) is 55.8 Å². The Bertz CT molecular complexity index is 978. The third kappa shape index (κ3) is 4.22. The molecule has 8 heteroatoms. The highest BCUT2D eigenvalue weighted by Gasteiger charge is 2.32. The quantitative estimate of drug-likeness (QED) is 0.830. The lowest BCUT2D eigenvalue weighted by Crippen LogP contribution is -2.54. The second-order valence-electron chi connectivity index (χ2n) is 6.58. The largest absolute Gasteiger partial charge is 0.325 e. The van der Waals surface area contributed by atoms with Crippen LogP contribution in [0.4, 0.5) is 5.69 Å². The first kappa shape index (κ1) is 20.0. The molecule has 146 valence electrons. The molecule has 0 aliphatic carbocycles. The highest BCUT2D eigenvalue weighted by molar-refractivity contribution is 7.89. The van der Waals surface area contributed by atoms with E-state index in [1.165, 1.54) is 16.4 Å². The Hall–Kier alpha value is -2.73. The summed E-state index contributed by atoms with van der Waals surface area (Å²) in [5.41, 5.74) is 0.870. The van der Waals surface area contributed by atoms with Crippen molar-refractivity contribution in [2.24, 2.45) is 0 Å². The Morgan fingerprint density at radius 3 is 2.29 bits per heavy atom. The maximum Gasteiger partial charge on any atom is 0.244 e. The van der Waals surface area contributed by atoms with Crippen LogP contribution in [-0.2, 0) is 14.8 Å². The highest BCUT2D eigenvalue weighted by Crippen LogP contribution is 2.21. The minimum atomic E-state index is -3.74. The van der Waals surface area contributed by atoms with Gasteiger partial charge in [0.2, 0.25) is 15.9 Å². The van der Waals surface area contributed by atoms with Crippen LogP contribution in [0.5, 0.6) is 0 Å². The summed E-state index contributed by atoms with van der Waals surface area (Å²) in [6, 6.07) is 17.0. The topological polar surface area (TPSA) is 93.5 Å². The molecule has 1 N–H and O–H groups in total. The van der Waals surface area contributed by atoms with Crippen molar-refractivity contribution in [2.75, 3.05) is 31.5 Å². The number of nitriles is 1. The molecule has 1 heterocycles. The van der Waals surface area contributed by atoms with Gasteiger partial charge in [0.05, 0.1) is 16.5 Å². The number of rotatable bonds is 5. The van der Waals surface area contributed by atoms with Gasteiger partial charge in [-0.05, 0) is 31.2 Å². The van der Waals surface area contributed by atoms with Crippen molar-refractivity contribution < 1.29 is 13.2 Å². The fourth-order valence-corrected chi connectivity index (χ4v) is 4.75. The number of sulfonamides is 1. The van der Waals surface area contributed by atoms with E-state index in [0.717, 1.165) is 5.69 Å². The van der Waals surface area contributed by atoms with Crippen LogP contribution in [0.1, 0.15) is 12.5 Å². The fraction of sp³-hybridized carbons (Fsp3) is 0.300. The second kappa shape index (κ2) is 8.52. The van der Waals surface area contributed by atoms with Crippen molar-refractivity contribution >= 4 is 21.6 Å². The van der Waals surface area contributed by atoms with E-state index in [2.05, 4.69) is 5.32 Å². The smallest absolute Gasteiger partial charge is 0.244 e. The average Bonchev–Trinajstić information content (AvgIpc) is 2.74. The summed E-state index contributed by atoms with van der Waals surface area (Å²) in [6.07, 6.45) is 0. The Balaban J connectivity index is 1.64. The number of carbonyl (C=O) groups is 1. The maximum atomic E-state index is 12.9. The van der Waals surface area contributed by atoms with E-state index in [-0.39, 0.29) is 35.5 Å². The Labute approximate surface area is 165 Å². The Morgan fingerprint density at radius 2 is 1.64 bits per heavy atom. The van der Waals surface area contributed by atoms with E-state index in [1.807, 2.05) is 48.2 Å². The van der Waals surface area contributed by atoms with E-state index >= 15 is 0 Å². The monoisotopic (exact) mass is 398 g/mol. The lowest BCUT2D eigenvalue weighted by Gasteiger charge is -2.36. The number of piperazine rings is 1. The number of benzene rings is 2. The zero-order chi connectivity index (χ0) is 20.1. The number of hydrogen-bond donors (Lipinski definition) is 1. The minimum Gasteiger partial charge on any atom is -0.325 e. The zero-order valence-electron chi connectivity index (χ0n) is 15.6. The first-order valence-electron chi connectivity index (χ1n) is 9.02. The fourth-order valence-electron chi connectivity index (χ4n) is 3.19. The van der Waals surface area contributed by atoms with Gasteiger partial charge in [-0.2, -0.15) is 9.57 Å². The lowest BCUT2D eigenvalue weighted by atomic mass is 10.2. The minimum absolute atomic E-state index is 0.0285. The summed E-state index contributed by atoms with van der Waals surface area (Å²) < 4.78 is 27.2. The van der Waals surface area contributed by atoms with Crippen LogP contribution < -0.4 is 5.32 Å². The molecule has 1 aliphatic rings. The number of carbonyl (C=O) groups excluding carboxylic acids is 1. The predicted molar refractivity (Wildman–Crippen MR) is 106 cm³/mol. The molecule has 2 aromatic rings. The molecule has 3 rings (SSSR count). The molecule has 0 bridgehead atoms. The summed E-state index contributed by atoms with van der Waals surface area (Å²) in [4.78, 5) is 14.5. The molecule has 0 radical (unpaired) electrons. The van der Waals surface area contributed by atoms with E-state index in [4.69, 9.17) is 0 Å². The summed E-state index contributed by atoms with van der Waals surface area (Å²) in [5.74, 6) is -0.127. The van der Waals surface area contributed by atoms with Crippen molar-refractivity contribution in [1.82, 2.24) is 9.21 Å². The molecule has 1 saturated heterocycles. The van der Waals surface area contributed by atoms with E-state index < -0.39 is 10.0 Å².